The first-order valence-corrected chi connectivity index (χ1v) is 6.78. The Morgan fingerprint density at radius 3 is 2.48 bits per heavy atom. The van der Waals surface area contributed by atoms with Gasteiger partial charge in [0.05, 0.1) is 11.0 Å². The molecule has 5 heteroatoms. The number of hydrogen-bond acceptors (Lipinski definition) is 2. The Bertz CT molecular complexity index is 844. The SMILES string of the molecule is CCc1ccc(C(=O)Nc2ccc3[nH]c(=O)[nH]c3c2)cc1. The molecule has 0 saturated carbocycles. The summed E-state index contributed by atoms with van der Waals surface area (Å²) >= 11 is 0. The second-order valence-electron chi connectivity index (χ2n) is 4.84. The number of H-pyrrole nitrogens is 2. The molecular formula is C16H15N3O2. The van der Waals surface area contributed by atoms with E-state index in [1.54, 1.807) is 18.2 Å². The van der Waals surface area contributed by atoms with Crippen LogP contribution >= 0.6 is 0 Å². The van der Waals surface area contributed by atoms with Crippen LogP contribution in [0.15, 0.2) is 47.3 Å². The summed E-state index contributed by atoms with van der Waals surface area (Å²) < 4.78 is 0. The number of aryl methyl sites for hydroxylation is 1. The second-order valence-corrected chi connectivity index (χ2v) is 4.84. The van der Waals surface area contributed by atoms with Crippen LogP contribution in [0.5, 0.6) is 0 Å². The standard InChI is InChI=1S/C16H15N3O2/c1-2-10-3-5-11(6-4-10)15(20)17-12-7-8-13-14(9-12)19-16(21)18-13/h3-9H,2H2,1H3,(H,17,20)(H2,18,19,21). The van der Waals surface area contributed by atoms with E-state index < -0.39 is 0 Å². The monoisotopic (exact) mass is 281 g/mol. The molecule has 3 aromatic rings. The van der Waals surface area contributed by atoms with Gasteiger partial charge < -0.3 is 15.3 Å². The topological polar surface area (TPSA) is 77.8 Å². The normalized spacial score (nSPS) is 10.7. The summed E-state index contributed by atoms with van der Waals surface area (Å²) in [6.07, 6.45) is 0.944. The van der Waals surface area contributed by atoms with Crippen LogP contribution in [0.4, 0.5) is 5.69 Å². The highest BCUT2D eigenvalue weighted by Gasteiger charge is 2.07. The van der Waals surface area contributed by atoms with Crippen LogP contribution in [-0.2, 0) is 6.42 Å². The van der Waals surface area contributed by atoms with E-state index in [2.05, 4.69) is 22.2 Å². The highest BCUT2D eigenvalue weighted by atomic mass is 16.1. The minimum absolute atomic E-state index is 0.171. The summed E-state index contributed by atoms with van der Waals surface area (Å²) in [7, 11) is 0. The van der Waals surface area contributed by atoms with Crippen molar-refractivity contribution >= 4 is 22.6 Å². The van der Waals surface area contributed by atoms with Crippen molar-refractivity contribution in [3.05, 3.63) is 64.1 Å². The lowest BCUT2D eigenvalue weighted by Crippen LogP contribution is -2.11. The smallest absolute Gasteiger partial charge is 0.322 e. The molecule has 0 spiro atoms. The van der Waals surface area contributed by atoms with Gasteiger partial charge in [-0.1, -0.05) is 19.1 Å². The zero-order chi connectivity index (χ0) is 14.8. The van der Waals surface area contributed by atoms with Crippen molar-refractivity contribution in [3.8, 4) is 0 Å². The quantitative estimate of drug-likeness (QED) is 0.690. The lowest BCUT2D eigenvalue weighted by atomic mass is 10.1. The molecule has 1 amide bonds. The van der Waals surface area contributed by atoms with Gasteiger partial charge in [0.1, 0.15) is 0 Å². The zero-order valence-corrected chi connectivity index (χ0v) is 11.6. The molecule has 0 aliphatic rings. The van der Waals surface area contributed by atoms with Gasteiger partial charge in [0.25, 0.3) is 5.91 Å². The van der Waals surface area contributed by atoms with Crippen molar-refractivity contribution in [2.75, 3.05) is 5.32 Å². The molecule has 0 bridgehead atoms. The number of rotatable bonds is 3. The van der Waals surface area contributed by atoms with Gasteiger partial charge in [-0.05, 0) is 42.3 Å². The van der Waals surface area contributed by atoms with E-state index >= 15 is 0 Å². The Morgan fingerprint density at radius 1 is 1.05 bits per heavy atom. The maximum atomic E-state index is 12.2. The van der Waals surface area contributed by atoms with Crippen molar-refractivity contribution in [1.29, 1.82) is 0 Å². The Kier molecular flexibility index (Phi) is 3.31. The number of hydrogen-bond donors (Lipinski definition) is 3. The van der Waals surface area contributed by atoms with Crippen molar-refractivity contribution in [2.45, 2.75) is 13.3 Å². The summed E-state index contributed by atoms with van der Waals surface area (Å²) in [5.41, 5.74) is 3.56. The van der Waals surface area contributed by atoms with Crippen molar-refractivity contribution in [3.63, 3.8) is 0 Å². The number of amides is 1. The van der Waals surface area contributed by atoms with Crippen LogP contribution in [0.25, 0.3) is 11.0 Å². The Hall–Kier alpha value is -2.82. The maximum Gasteiger partial charge on any atom is 0.323 e. The van der Waals surface area contributed by atoms with Crippen molar-refractivity contribution in [2.24, 2.45) is 0 Å². The maximum absolute atomic E-state index is 12.2. The van der Waals surface area contributed by atoms with Crippen LogP contribution < -0.4 is 11.0 Å². The third-order valence-electron chi connectivity index (χ3n) is 3.40. The van der Waals surface area contributed by atoms with Crippen LogP contribution in [0.3, 0.4) is 0 Å². The van der Waals surface area contributed by atoms with Crippen LogP contribution in [0.2, 0.25) is 0 Å². The fraction of sp³-hybridized carbons (Fsp3) is 0.125. The summed E-state index contributed by atoms with van der Waals surface area (Å²) in [4.78, 5) is 28.7. The summed E-state index contributed by atoms with van der Waals surface area (Å²) in [6.45, 7) is 2.07. The Labute approximate surface area is 121 Å². The molecule has 0 fully saturated rings. The molecular weight excluding hydrogens is 266 g/mol. The minimum Gasteiger partial charge on any atom is -0.322 e. The summed E-state index contributed by atoms with van der Waals surface area (Å²) in [5.74, 6) is -0.171. The van der Waals surface area contributed by atoms with Crippen LogP contribution in [-0.4, -0.2) is 15.9 Å². The van der Waals surface area contributed by atoms with Gasteiger partial charge in [0.2, 0.25) is 0 Å². The average Bonchev–Trinajstić information content (AvgIpc) is 2.86. The largest absolute Gasteiger partial charge is 0.323 e. The Balaban J connectivity index is 1.82. The molecule has 3 N–H and O–H groups in total. The average molecular weight is 281 g/mol. The van der Waals surface area contributed by atoms with Gasteiger partial charge >= 0.3 is 5.69 Å². The molecule has 0 atom stereocenters. The molecule has 0 radical (unpaired) electrons. The lowest BCUT2D eigenvalue weighted by molar-refractivity contribution is 0.102. The number of aromatic nitrogens is 2. The van der Waals surface area contributed by atoms with Crippen LogP contribution in [0.1, 0.15) is 22.8 Å². The molecule has 106 valence electrons. The van der Waals surface area contributed by atoms with E-state index in [9.17, 15) is 9.59 Å². The summed E-state index contributed by atoms with van der Waals surface area (Å²) in [5, 5.41) is 2.82. The number of benzene rings is 2. The first-order valence-electron chi connectivity index (χ1n) is 6.78. The highest BCUT2D eigenvalue weighted by molar-refractivity contribution is 6.04. The summed E-state index contributed by atoms with van der Waals surface area (Å²) in [6, 6.07) is 12.7. The predicted octanol–water partition coefficient (Wildman–Crippen LogP) is 2.67. The third-order valence-corrected chi connectivity index (χ3v) is 3.40. The molecule has 0 aliphatic carbocycles. The molecule has 0 aliphatic heterocycles. The van der Waals surface area contributed by atoms with Gasteiger partial charge in [-0.15, -0.1) is 0 Å². The number of carbonyl (C=O) groups excluding carboxylic acids is 1. The van der Waals surface area contributed by atoms with Crippen molar-refractivity contribution < 1.29 is 4.79 Å². The fourth-order valence-electron chi connectivity index (χ4n) is 2.21. The van der Waals surface area contributed by atoms with Gasteiger partial charge in [0.15, 0.2) is 0 Å². The molecule has 5 nitrogen and oxygen atoms in total. The number of nitrogens with one attached hydrogen (secondary N) is 3. The molecule has 1 heterocycles. The molecule has 3 rings (SSSR count). The van der Waals surface area contributed by atoms with Gasteiger partial charge in [-0.3, -0.25) is 4.79 Å². The number of anilines is 1. The first kappa shape index (κ1) is 13.2. The van der Waals surface area contributed by atoms with E-state index in [1.165, 1.54) is 5.56 Å². The van der Waals surface area contributed by atoms with Crippen molar-refractivity contribution in [1.82, 2.24) is 9.97 Å². The zero-order valence-electron chi connectivity index (χ0n) is 11.6. The molecule has 2 aromatic carbocycles. The van der Waals surface area contributed by atoms with E-state index in [0.29, 0.717) is 22.3 Å². The minimum atomic E-state index is -0.261. The number of carbonyl (C=O) groups is 1. The van der Waals surface area contributed by atoms with Gasteiger partial charge in [-0.2, -0.15) is 0 Å². The third kappa shape index (κ3) is 2.72. The molecule has 1 aromatic heterocycles. The number of aromatic amines is 2. The van der Waals surface area contributed by atoms with E-state index in [1.807, 2.05) is 24.3 Å². The van der Waals surface area contributed by atoms with Gasteiger partial charge in [-0.25, -0.2) is 4.79 Å². The molecule has 21 heavy (non-hydrogen) atoms. The number of imidazole rings is 1. The lowest BCUT2D eigenvalue weighted by Gasteiger charge is -2.06. The van der Waals surface area contributed by atoms with E-state index in [-0.39, 0.29) is 11.6 Å². The highest BCUT2D eigenvalue weighted by Crippen LogP contribution is 2.16. The second kappa shape index (κ2) is 5.28. The van der Waals surface area contributed by atoms with E-state index in [4.69, 9.17) is 0 Å². The van der Waals surface area contributed by atoms with E-state index in [0.717, 1.165) is 6.42 Å². The number of fused-ring (bicyclic) bond motifs is 1. The molecule has 0 saturated heterocycles. The van der Waals surface area contributed by atoms with Crippen LogP contribution in [0, 0.1) is 0 Å². The fourth-order valence-corrected chi connectivity index (χ4v) is 2.21. The molecule has 0 unspecified atom stereocenters. The first-order chi connectivity index (χ1) is 10.2. The predicted molar refractivity (Wildman–Crippen MR) is 82.7 cm³/mol. The Morgan fingerprint density at radius 2 is 1.76 bits per heavy atom. The van der Waals surface area contributed by atoms with Gasteiger partial charge in [0, 0.05) is 11.3 Å².